The molecule has 1 aromatic heterocycles. The molecule has 1 heterocycles. The van der Waals surface area contributed by atoms with E-state index in [0.717, 1.165) is 27.6 Å². The average molecular weight is 400 g/mol. The number of nitrogens with zero attached hydrogens (tertiary/aromatic N) is 2. The van der Waals surface area contributed by atoms with E-state index >= 15 is 0 Å². The van der Waals surface area contributed by atoms with Crippen LogP contribution in [0.2, 0.25) is 0 Å². The van der Waals surface area contributed by atoms with Crippen molar-refractivity contribution in [3.8, 4) is 16.3 Å². The van der Waals surface area contributed by atoms with Gasteiger partial charge in [0.1, 0.15) is 10.8 Å². The summed E-state index contributed by atoms with van der Waals surface area (Å²) in [5, 5.41) is 12.3. The minimum Gasteiger partial charge on any atom is -0.497 e. The summed E-state index contributed by atoms with van der Waals surface area (Å²) in [4.78, 5) is 13.7. The van der Waals surface area contributed by atoms with Crippen molar-refractivity contribution < 1.29 is 9.53 Å². The molecule has 3 aromatic rings. The molecule has 27 heavy (non-hydrogen) atoms. The molecule has 7 heteroatoms. The van der Waals surface area contributed by atoms with Crippen LogP contribution in [0.15, 0.2) is 53.4 Å². The van der Waals surface area contributed by atoms with Crippen LogP contribution in [0.5, 0.6) is 5.75 Å². The molecule has 1 N–H and O–H groups in total. The van der Waals surface area contributed by atoms with Gasteiger partial charge in [0, 0.05) is 10.5 Å². The second-order valence-electron chi connectivity index (χ2n) is 5.96. The zero-order valence-corrected chi connectivity index (χ0v) is 17.1. The van der Waals surface area contributed by atoms with Crippen molar-refractivity contribution in [1.82, 2.24) is 10.2 Å². The summed E-state index contributed by atoms with van der Waals surface area (Å²) in [7, 11) is 1.63. The molecule has 0 aliphatic carbocycles. The average Bonchev–Trinajstić information content (AvgIpc) is 3.16. The van der Waals surface area contributed by atoms with Crippen LogP contribution in [0.25, 0.3) is 10.6 Å². The Labute approximate surface area is 167 Å². The predicted molar refractivity (Wildman–Crippen MR) is 112 cm³/mol. The molecule has 0 aliphatic heterocycles. The molecule has 140 valence electrons. The first-order valence-electron chi connectivity index (χ1n) is 8.61. The highest BCUT2D eigenvalue weighted by atomic mass is 32.2. The van der Waals surface area contributed by atoms with E-state index in [1.807, 2.05) is 50.2 Å². The van der Waals surface area contributed by atoms with Gasteiger partial charge in [-0.05, 0) is 49.7 Å². The number of ether oxygens (including phenoxy) is 1. The van der Waals surface area contributed by atoms with Crippen LogP contribution >= 0.6 is 23.1 Å². The molecule has 1 unspecified atom stereocenters. The number of carbonyl (C=O) groups is 1. The molecule has 0 radical (unpaired) electrons. The van der Waals surface area contributed by atoms with Crippen LogP contribution in [0.4, 0.5) is 5.13 Å². The number of hydrogen-bond acceptors (Lipinski definition) is 6. The quantitative estimate of drug-likeness (QED) is 0.565. The fourth-order valence-electron chi connectivity index (χ4n) is 2.41. The van der Waals surface area contributed by atoms with E-state index in [4.69, 9.17) is 4.74 Å². The predicted octanol–water partition coefficient (Wildman–Crippen LogP) is 5.03. The van der Waals surface area contributed by atoms with Crippen molar-refractivity contribution in [2.45, 2.75) is 30.4 Å². The molecule has 0 bridgehead atoms. The molecule has 1 atom stereocenters. The number of nitrogens with one attached hydrogen (secondary N) is 1. The highest BCUT2D eigenvalue weighted by Gasteiger charge is 2.20. The van der Waals surface area contributed by atoms with Crippen LogP contribution < -0.4 is 10.1 Å². The van der Waals surface area contributed by atoms with Gasteiger partial charge in [-0.3, -0.25) is 10.1 Å². The van der Waals surface area contributed by atoms with Gasteiger partial charge in [0.25, 0.3) is 0 Å². The largest absolute Gasteiger partial charge is 0.497 e. The third-order valence-corrected chi connectivity index (χ3v) is 6.22. The zero-order valence-electron chi connectivity index (χ0n) is 15.4. The van der Waals surface area contributed by atoms with Gasteiger partial charge in [0.15, 0.2) is 0 Å². The third kappa shape index (κ3) is 5.08. The Morgan fingerprint density at radius 3 is 2.48 bits per heavy atom. The van der Waals surface area contributed by atoms with Gasteiger partial charge in [0.05, 0.1) is 12.4 Å². The van der Waals surface area contributed by atoms with Crippen molar-refractivity contribution in [3.05, 3.63) is 54.1 Å². The first-order chi connectivity index (χ1) is 13.1. The van der Waals surface area contributed by atoms with Gasteiger partial charge < -0.3 is 4.74 Å². The van der Waals surface area contributed by atoms with E-state index in [2.05, 4.69) is 27.6 Å². The number of anilines is 1. The lowest BCUT2D eigenvalue weighted by molar-refractivity contribution is -0.115. The third-order valence-electron chi connectivity index (χ3n) is 3.95. The van der Waals surface area contributed by atoms with Crippen LogP contribution in [-0.2, 0) is 4.79 Å². The maximum absolute atomic E-state index is 12.6. The molecule has 0 spiro atoms. The Balaban J connectivity index is 1.65. The summed E-state index contributed by atoms with van der Waals surface area (Å²) >= 11 is 2.92. The smallest absolute Gasteiger partial charge is 0.239 e. The number of aromatic nitrogens is 2. The highest BCUT2D eigenvalue weighted by molar-refractivity contribution is 8.00. The van der Waals surface area contributed by atoms with Gasteiger partial charge >= 0.3 is 0 Å². The minimum atomic E-state index is -0.180. The molecule has 3 rings (SSSR count). The van der Waals surface area contributed by atoms with Gasteiger partial charge in [0.2, 0.25) is 11.0 Å². The van der Waals surface area contributed by atoms with Crippen LogP contribution in [0.3, 0.4) is 0 Å². The second-order valence-corrected chi connectivity index (χ2v) is 8.21. The summed E-state index contributed by atoms with van der Waals surface area (Å²) in [6.45, 7) is 4.06. The van der Waals surface area contributed by atoms with Crippen molar-refractivity contribution >= 4 is 34.1 Å². The van der Waals surface area contributed by atoms with E-state index in [0.29, 0.717) is 5.13 Å². The van der Waals surface area contributed by atoms with E-state index in [-0.39, 0.29) is 11.2 Å². The summed E-state index contributed by atoms with van der Waals surface area (Å²) in [6.07, 6.45) is 0.731. The van der Waals surface area contributed by atoms with Gasteiger partial charge in [-0.15, -0.1) is 22.0 Å². The number of thioether (sulfide) groups is 1. The van der Waals surface area contributed by atoms with Crippen molar-refractivity contribution in [1.29, 1.82) is 0 Å². The van der Waals surface area contributed by atoms with Gasteiger partial charge in [-0.2, -0.15) is 0 Å². The SMILES string of the molecule is CCC(Sc1ccc(C)cc1)C(=O)Nc1nnc(-c2ccc(OC)cc2)s1. The summed E-state index contributed by atoms with van der Waals surface area (Å²) in [5.41, 5.74) is 2.15. The van der Waals surface area contributed by atoms with E-state index in [1.165, 1.54) is 16.9 Å². The zero-order chi connectivity index (χ0) is 19.2. The lowest BCUT2D eigenvalue weighted by atomic mass is 10.2. The number of aryl methyl sites for hydroxylation is 1. The second kappa shape index (κ2) is 9.01. The maximum atomic E-state index is 12.6. The minimum absolute atomic E-state index is 0.0551. The summed E-state index contributed by atoms with van der Waals surface area (Å²) < 4.78 is 5.16. The summed E-state index contributed by atoms with van der Waals surface area (Å²) in [5.74, 6) is 0.733. The molecule has 2 aromatic carbocycles. The maximum Gasteiger partial charge on any atom is 0.239 e. The van der Waals surface area contributed by atoms with E-state index in [1.54, 1.807) is 18.9 Å². The molecule has 0 saturated carbocycles. The van der Waals surface area contributed by atoms with Crippen LogP contribution in [0.1, 0.15) is 18.9 Å². The normalized spacial score (nSPS) is 11.8. The van der Waals surface area contributed by atoms with E-state index < -0.39 is 0 Å². The van der Waals surface area contributed by atoms with E-state index in [9.17, 15) is 4.79 Å². The lowest BCUT2D eigenvalue weighted by Gasteiger charge is -2.13. The number of benzene rings is 2. The van der Waals surface area contributed by atoms with Gasteiger partial charge in [-0.1, -0.05) is 36.0 Å². The Bertz CT molecular complexity index is 892. The summed E-state index contributed by atoms with van der Waals surface area (Å²) in [6, 6.07) is 15.8. The molecule has 5 nitrogen and oxygen atoms in total. The van der Waals surface area contributed by atoms with Crippen LogP contribution in [-0.4, -0.2) is 28.5 Å². The van der Waals surface area contributed by atoms with Crippen molar-refractivity contribution in [3.63, 3.8) is 0 Å². The number of amides is 1. The first kappa shape index (κ1) is 19.4. The molecular formula is C20H21N3O2S2. The Hall–Kier alpha value is -2.38. The Kier molecular flexibility index (Phi) is 6.47. The Morgan fingerprint density at radius 1 is 1.15 bits per heavy atom. The number of carbonyl (C=O) groups excluding carboxylic acids is 1. The van der Waals surface area contributed by atoms with Gasteiger partial charge in [-0.25, -0.2) is 0 Å². The number of hydrogen-bond donors (Lipinski definition) is 1. The topological polar surface area (TPSA) is 64.1 Å². The van der Waals surface area contributed by atoms with Crippen LogP contribution in [0, 0.1) is 6.92 Å². The van der Waals surface area contributed by atoms with Crippen molar-refractivity contribution in [2.24, 2.45) is 0 Å². The first-order valence-corrected chi connectivity index (χ1v) is 10.3. The number of rotatable bonds is 7. The highest BCUT2D eigenvalue weighted by Crippen LogP contribution is 2.30. The van der Waals surface area contributed by atoms with Crippen molar-refractivity contribution in [2.75, 3.05) is 12.4 Å². The molecular weight excluding hydrogens is 378 g/mol. The fourth-order valence-corrected chi connectivity index (χ4v) is 4.12. The molecule has 0 fully saturated rings. The molecule has 0 saturated heterocycles. The number of methoxy groups -OCH3 is 1. The monoisotopic (exact) mass is 399 g/mol. The fraction of sp³-hybridized carbons (Fsp3) is 0.250. The lowest BCUT2D eigenvalue weighted by Crippen LogP contribution is -2.24. The Morgan fingerprint density at radius 2 is 1.85 bits per heavy atom. The standard InChI is InChI=1S/C20H21N3O2S2/c1-4-17(26-16-11-5-13(2)6-12-16)18(24)21-20-23-22-19(27-20)14-7-9-15(25-3)10-8-14/h5-12,17H,4H2,1-3H3,(H,21,23,24). The molecule has 1 amide bonds. The molecule has 0 aliphatic rings.